The van der Waals surface area contributed by atoms with Gasteiger partial charge in [0, 0.05) is 53.4 Å². The van der Waals surface area contributed by atoms with Gasteiger partial charge in [0.05, 0.1) is 62.2 Å². The van der Waals surface area contributed by atoms with E-state index in [9.17, 15) is 0 Å². The maximum Gasteiger partial charge on any atom is 0.0544 e. The molecule has 12 aromatic carbocycles. The molecule has 0 bridgehead atoms. The Labute approximate surface area is 568 Å². The lowest BCUT2D eigenvalue weighted by molar-refractivity contribution is 0.596. The molecule has 0 spiro atoms. The third-order valence-electron chi connectivity index (χ3n) is 22.9. The first-order valence-electron chi connectivity index (χ1n) is 33.9. The molecule has 466 valence electrons. The van der Waals surface area contributed by atoms with Crippen LogP contribution in [-0.2, 0) is 32.5 Å². The summed E-state index contributed by atoms with van der Waals surface area (Å²) in [7, 11) is 0. The molecule has 95 heavy (non-hydrogen) atoms. The van der Waals surface area contributed by atoms with Crippen molar-refractivity contribution in [2.45, 2.75) is 116 Å². The topological polar surface area (TPSA) is 14.7 Å². The van der Waals surface area contributed by atoms with Gasteiger partial charge in [-0.2, -0.15) is 0 Å². The average Bonchev–Trinajstić information content (AvgIpc) is 1.30. The molecule has 0 amide bonds. The van der Waals surface area contributed by atoms with Gasteiger partial charge in [0.1, 0.15) is 0 Å². The Hall–Kier alpha value is -9.68. The molecule has 5 heteroatoms. The average molecular weight is 1300 g/mol. The van der Waals surface area contributed by atoms with Gasteiger partial charge in [0.15, 0.2) is 0 Å². The highest BCUT2D eigenvalue weighted by Gasteiger charge is 2.49. The molecule has 6 aliphatic rings. The number of anilines is 9. The van der Waals surface area contributed by atoms with Gasteiger partial charge in [-0.25, -0.2) is 0 Å². The molecule has 13 aromatic rings. The van der Waals surface area contributed by atoms with Crippen LogP contribution in [0.1, 0.15) is 150 Å². The lowest BCUT2D eigenvalue weighted by Gasteiger charge is -2.49. The van der Waals surface area contributed by atoms with Crippen LogP contribution in [0.5, 0.6) is 0 Å². The Morgan fingerprint density at radius 1 is 0.232 bits per heavy atom. The van der Waals surface area contributed by atoms with E-state index in [0.717, 1.165) is 4.47 Å². The smallest absolute Gasteiger partial charge is 0.0544 e. The van der Waals surface area contributed by atoms with Gasteiger partial charge < -0.3 is 19.3 Å². The van der Waals surface area contributed by atoms with E-state index < -0.39 is 0 Å². The van der Waals surface area contributed by atoms with Crippen molar-refractivity contribution in [1.82, 2.24) is 4.57 Å². The minimum atomic E-state index is -0.150. The number of fused-ring (bicyclic) bond motifs is 15. The number of hydrogen-bond donors (Lipinski definition) is 0. The summed E-state index contributed by atoms with van der Waals surface area (Å²) in [6.07, 6.45) is 0. The second-order valence-electron chi connectivity index (χ2n) is 30.3. The molecule has 0 atom stereocenters. The summed E-state index contributed by atoms with van der Waals surface area (Å²) < 4.78 is 3.55. The van der Waals surface area contributed by atoms with Crippen LogP contribution in [0, 0.1) is 0 Å². The highest BCUT2D eigenvalue weighted by atomic mass is 79.9. The summed E-state index contributed by atoms with van der Waals surface area (Å²) in [5.41, 5.74) is 34.4. The Morgan fingerprint density at radius 3 is 0.916 bits per heavy atom. The minimum Gasteiger partial charge on any atom is -0.309 e. The maximum absolute atomic E-state index is 3.79. The van der Waals surface area contributed by atoms with Gasteiger partial charge in [-0.1, -0.05) is 269 Å². The van der Waals surface area contributed by atoms with Crippen molar-refractivity contribution in [1.29, 1.82) is 0 Å². The van der Waals surface area contributed by atoms with E-state index in [4.69, 9.17) is 0 Å². The summed E-state index contributed by atoms with van der Waals surface area (Å²) in [5.74, 6) is 0. The van der Waals surface area contributed by atoms with Crippen LogP contribution in [0.25, 0.3) is 38.6 Å². The fourth-order valence-electron chi connectivity index (χ4n) is 17.8. The van der Waals surface area contributed by atoms with E-state index in [2.05, 4.69) is 379 Å². The number of para-hydroxylation sites is 9. The summed E-state index contributed by atoms with van der Waals surface area (Å²) in [6.45, 7) is 28.4. The molecule has 19 rings (SSSR count). The summed E-state index contributed by atoms with van der Waals surface area (Å²) in [5, 5.41) is 2.56. The Bertz CT molecular complexity index is 5120. The van der Waals surface area contributed by atoms with Gasteiger partial charge >= 0.3 is 0 Å². The van der Waals surface area contributed by atoms with Gasteiger partial charge in [-0.15, -0.1) is 0 Å². The van der Waals surface area contributed by atoms with Crippen molar-refractivity contribution >= 4 is 88.9 Å². The fraction of sp³-hybridized carbons (Fsp3) is 0.200. The van der Waals surface area contributed by atoms with E-state index in [-0.39, 0.29) is 32.5 Å². The first kappa shape index (κ1) is 59.1. The molecule has 0 N–H and O–H groups in total. The van der Waals surface area contributed by atoms with Crippen molar-refractivity contribution in [3.63, 3.8) is 0 Å². The largest absolute Gasteiger partial charge is 0.309 e. The standard InChI is InChI=1S/C42H34N2.C24H22BrN.C24H23N/c1-41(2)32-17-9-12-20-38(32)44-39-21-13-10-18-33(39)42(3,4)35-26-28(25-34(41)40(35)44)27-22-23-37-31(24-27)30-16-8-11-19-36(30)43(37)29-14-6-5-7-15-29;1-23(2)16-9-5-7-11-20(16)26-21-12-8-6-10-17(21)24(3,4)19-14-15(25)13-18(23)22(19)26;1-23(2)16-10-5-7-14-20(16)25-21-15-8-6-11-17(21)24(3,4)19-13-9-12-18(23)22(19)25/h5-26H,1-4H3;5-14H,1-4H3;5-15H,1-4H3. The summed E-state index contributed by atoms with van der Waals surface area (Å²) >= 11 is 3.79. The van der Waals surface area contributed by atoms with Crippen molar-refractivity contribution in [3.8, 4) is 16.8 Å². The molecule has 0 radical (unpaired) electrons. The third-order valence-corrected chi connectivity index (χ3v) is 23.3. The molecule has 7 heterocycles. The monoisotopic (exact) mass is 1290 g/mol. The van der Waals surface area contributed by atoms with Gasteiger partial charge in [0.2, 0.25) is 0 Å². The predicted octanol–water partition coefficient (Wildman–Crippen LogP) is 24.8. The van der Waals surface area contributed by atoms with E-state index in [0.29, 0.717) is 0 Å². The lowest BCUT2D eigenvalue weighted by atomic mass is 9.65. The first-order chi connectivity index (χ1) is 45.6. The number of rotatable bonds is 2. The maximum atomic E-state index is 3.79. The summed E-state index contributed by atoms with van der Waals surface area (Å²) in [4.78, 5) is 7.51. The molecule has 0 saturated carbocycles. The fourth-order valence-corrected chi connectivity index (χ4v) is 18.2. The van der Waals surface area contributed by atoms with Crippen molar-refractivity contribution in [3.05, 3.63) is 332 Å². The number of aromatic nitrogens is 1. The molecule has 1 aromatic heterocycles. The second-order valence-corrected chi connectivity index (χ2v) is 31.2. The molecule has 4 nitrogen and oxygen atoms in total. The number of halogens is 1. The lowest BCUT2D eigenvalue weighted by Crippen LogP contribution is -2.38. The molecule has 6 aliphatic heterocycles. The Kier molecular flexibility index (Phi) is 12.9. The van der Waals surface area contributed by atoms with Crippen LogP contribution in [0.4, 0.5) is 51.2 Å². The zero-order valence-electron chi connectivity index (χ0n) is 56.5. The SMILES string of the molecule is CC1(C)c2ccccc2N2c3ccccc3C(C)(C)c3cc(-c4ccc5c(c4)c4ccccc4n5-c4ccccc4)cc1c32.CC1(C)c2ccccc2N2c3ccccc3C(C)(C)c3cc(Br)cc1c32.CC1(C)c2ccccc2N2c3ccccc3C(C)(C)c3cccc1c32. The molecule has 0 saturated heterocycles. The molecule has 0 fully saturated rings. The van der Waals surface area contributed by atoms with E-state index in [1.165, 1.54) is 157 Å². The Balaban J connectivity index is 0.000000115. The Morgan fingerprint density at radius 2 is 0.526 bits per heavy atom. The number of benzene rings is 12. The zero-order chi connectivity index (χ0) is 65.5. The first-order valence-corrected chi connectivity index (χ1v) is 34.7. The van der Waals surface area contributed by atoms with Crippen LogP contribution in [0.3, 0.4) is 0 Å². The molecular formula is C90H79BrN4. The zero-order valence-corrected chi connectivity index (χ0v) is 58.1. The van der Waals surface area contributed by atoms with Crippen LogP contribution < -0.4 is 14.7 Å². The minimum absolute atomic E-state index is 0.000794. The van der Waals surface area contributed by atoms with E-state index >= 15 is 0 Å². The quantitative estimate of drug-likeness (QED) is 0.171. The highest BCUT2D eigenvalue weighted by molar-refractivity contribution is 9.10. The van der Waals surface area contributed by atoms with Crippen LogP contribution in [0.2, 0.25) is 0 Å². The van der Waals surface area contributed by atoms with Crippen LogP contribution in [-0.4, -0.2) is 4.57 Å². The van der Waals surface area contributed by atoms with Crippen molar-refractivity contribution < 1.29 is 0 Å². The van der Waals surface area contributed by atoms with Gasteiger partial charge in [-0.05, 0) is 169 Å². The third kappa shape index (κ3) is 8.30. The van der Waals surface area contributed by atoms with Crippen LogP contribution >= 0.6 is 15.9 Å². The van der Waals surface area contributed by atoms with Crippen LogP contribution in [0.15, 0.2) is 265 Å². The van der Waals surface area contributed by atoms with Gasteiger partial charge in [0.25, 0.3) is 0 Å². The summed E-state index contributed by atoms with van der Waals surface area (Å²) in [6, 6.07) is 96.4. The molecular weight excluding hydrogens is 1220 g/mol. The van der Waals surface area contributed by atoms with Crippen molar-refractivity contribution in [2.75, 3.05) is 14.7 Å². The molecule has 0 aliphatic carbocycles. The van der Waals surface area contributed by atoms with Crippen molar-refractivity contribution in [2.24, 2.45) is 0 Å². The van der Waals surface area contributed by atoms with Gasteiger partial charge in [-0.3, -0.25) is 0 Å². The predicted molar refractivity (Wildman–Crippen MR) is 404 cm³/mol. The second kappa shape index (κ2) is 20.7. The van der Waals surface area contributed by atoms with E-state index in [1.54, 1.807) is 0 Å². The molecule has 0 unspecified atom stereocenters. The van der Waals surface area contributed by atoms with E-state index in [1.807, 2.05) is 0 Å². The highest BCUT2D eigenvalue weighted by Crippen LogP contribution is 2.64. The number of hydrogen-bond acceptors (Lipinski definition) is 3. The normalized spacial score (nSPS) is 16.9. The number of nitrogens with zero attached hydrogens (tertiary/aromatic N) is 4.